The maximum Gasteiger partial charge on any atom is 0.339 e. The Labute approximate surface area is 155 Å². The largest absolute Gasteiger partial charge is 0.465 e. The summed E-state index contributed by atoms with van der Waals surface area (Å²) in [5.41, 5.74) is 2.57. The van der Waals surface area contributed by atoms with Crippen molar-refractivity contribution in [2.45, 2.75) is 0 Å². The summed E-state index contributed by atoms with van der Waals surface area (Å²) < 4.78 is 4.99. The molecule has 1 heterocycles. The predicted molar refractivity (Wildman–Crippen MR) is 108 cm³/mol. The molecule has 0 bridgehead atoms. The summed E-state index contributed by atoms with van der Waals surface area (Å²) in [4.78, 5) is 13.2. The van der Waals surface area contributed by atoms with E-state index in [2.05, 4.69) is 29.6 Å². The molecule has 4 rings (SSSR count). The summed E-state index contributed by atoms with van der Waals surface area (Å²) in [7, 11) is 1.41. The third kappa shape index (κ3) is 3.19. The molecule has 128 valence electrons. The maximum absolute atomic E-state index is 12.3. The molecule has 4 heteroatoms. The van der Waals surface area contributed by atoms with Crippen LogP contribution in [0.5, 0.6) is 0 Å². The Morgan fingerprint density at radius 3 is 2.38 bits per heavy atom. The Morgan fingerprint density at radius 2 is 1.62 bits per heavy atom. The SMILES string of the molecule is COC(=O)c1cc(Nc2ccccc2)sc1-c1ccc2ccccc2c1. The summed E-state index contributed by atoms with van der Waals surface area (Å²) in [6.07, 6.45) is 0. The van der Waals surface area contributed by atoms with Crippen molar-refractivity contribution in [2.24, 2.45) is 0 Å². The molecule has 1 aromatic heterocycles. The smallest absolute Gasteiger partial charge is 0.339 e. The minimum absolute atomic E-state index is 0.328. The second-order valence-electron chi connectivity index (χ2n) is 5.90. The van der Waals surface area contributed by atoms with Crippen molar-refractivity contribution in [3.05, 3.63) is 84.4 Å². The number of esters is 1. The zero-order valence-electron chi connectivity index (χ0n) is 14.2. The Morgan fingerprint density at radius 1 is 0.885 bits per heavy atom. The quantitative estimate of drug-likeness (QED) is 0.448. The van der Waals surface area contributed by atoms with Crippen LogP contribution in [0.2, 0.25) is 0 Å². The van der Waals surface area contributed by atoms with Gasteiger partial charge in [0.15, 0.2) is 0 Å². The first kappa shape index (κ1) is 16.4. The topological polar surface area (TPSA) is 38.3 Å². The number of hydrogen-bond donors (Lipinski definition) is 1. The van der Waals surface area contributed by atoms with Gasteiger partial charge in [0.1, 0.15) is 0 Å². The van der Waals surface area contributed by atoms with E-state index in [4.69, 9.17) is 4.74 Å². The van der Waals surface area contributed by atoms with E-state index in [0.717, 1.165) is 26.5 Å². The minimum Gasteiger partial charge on any atom is -0.465 e. The van der Waals surface area contributed by atoms with E-state index in [1.807, 2.05) is 54.6 Å². The summed E-state index contributed by atoms with van der Waals surface area (Å²) in [5, 5.41) is 6.59. The molecule has 26 heavy (non-hydrogen) atoms. The fourth-order valence-corrected chi connectivity index (χ4v) is 3.99. The molecule has 0 aliphatic rings. The summed E-state index contributed by atoms with van der Waals surface area (Å²) >= 11 is 1.55. The van der Waals surface area contributed by atoms with Crippen molar-refractivity contribution < 1.29 is 9.53 Å². The zero-order valence-corrected chi connectivity index (χ0v) is 15.0. The van der Waals surface area contributed by atoms with Crippen molar-refractivity contribution in [1.29, 1.82) is 0 Å². The third-order valence-corrected chi connectivity index (χ3v) is 5.29. The fourth-order valence-electron chi connectivity index (χ4n) is 2.92. The van der Waals surface area contributed by atoms with Crippen LogP contribution in [-0.4, -0.2) is 13.1 Å². The molecule has 3 nitrogen and oxygen atoms in total. The van der Waals surface area contributed by atoms with E-state index in [0.29, 0.717) is 5.56 Å². The first-order chi connectivity index (χ1) is 12.7. The Hall–Kier alpha value is -3.11. The van der Waals surface area contributed by atoms with Crippen LogP contribution in [0.4, 0.5) is 10.7 Å². The van der Waals surface area contributed by atoms with Gasteiger partial charge in [-0.1, -0.05) is 54.6 Å². The van der Waals surface area contributed by atoms with Crippen molar-refractivity contribution in [1.82, 2.24) is 0 Å². The van der Waals surface area contributed by atoms with Crippen molar-refractivity contribution in [3.63, 3.8) is 0 Å². The molecule has 0 spiro atoms. The van der Waals surface area contributed by atoms with Gasteiger partial charge in [-0.3, -0.25) is 0 Å². The number of para-hydroxylation sites is 1. The highest BCUT2D eigenvalue weighted by molar-refractivity contribution is 7.19. The third-order valence-electron chi connectivity index (χ3n) is 4.19. The molecular formula is C22H17NO2S. The second-order valence-corrected chi connectivity index (χ2v) is 6.95. The number of carbonyl (C=O) groups is 1. The highest BCUT2D eigenvalue weighted by Crippen LogP contribution is 2.38. The van der Waals surface area contributed by atoms with E-state index in [1.165, 1.54) is 12.5 Å². The van der Waals surface area contributed by atoms with E-state index >= 15 is 0 Å². The van der Waals surface area contributed by atoms with Crippen LogP contribution >= 0.6 is 11.3 Å². The van der Waals surface area contributed by atoms with Crippen LogP contribution in [0, 0.1) is 0 Å². The number of hydrogen-bond acceptors (Lipinski definition) is 4. The molecule has 0 amide bonds. The Bertz CT molecular complexity index is 1070. The lowest BCUT2D eigenvalue weighted by Crippen LogP contribution is -2.00. The van der Waals surface area contributed by atoms with E-state index in [9.17, 15) is 4.79 Å². The highest BCUT2D eigenvalue weighted by atomic mass is 32.1. The van der Waals surface area contributed by atoms with Crippen LogP contribution in [-0.2, 0) is 4.74 Å². The highest BCUT2D eigenvalue weighted by Gasteiger charge is 2.18. The molecule has 0 unspecified atom stereocenters. The number of rotatable bonds is 4. The van der Waals surface area contributed by atoms with Gasteiger partial charge in [-0.25, -0.2) is 4.79 Å². The van der Waals surface area contributed by atoms with E-state index in [1.54, 1.807) is 11.3 Å². The van der Waals surface area contributed by atoms with Gasteiger partial charge in [0, 0.05) is 5.69 Å². The predicted octanol–water partition coefficient (Wildman–Crippen LogP) is 6.10. The molecule has 0 saturated carbocycles. The first-order valence-electron chi connectivity index (χ1n) is 8.28. The van der Waals surface area contributed by atoms with Crippen molar-refractivity contribution in [3.8, 4) is 10.4 Å². The maximum atomic E-state index is 12.3. The summed E-state index contributed by atoms with van der Waals surface area (Å²) in [5.74, 6) is -0.328. The van der Waals surface area contributed by atoms with E-state index < -0.39 is 0 Å². The molecule has 0 aliphatic carbocycles. The molecule has 0 radical (unpaired) electrons. The molecule has 0 saturated heterocycles. The van der Waals surface area contributed by atoms with Gasteiger partial charge in [-0.05, 0) is 40.6 Å². The van der Waals surface area contributed by atoms with Gasteiger partial charge < -0.3 is 10.1 Å². The molecular weight excluding hydrogens is 342 g/mol. The number of benzene rings is 3. The monoisotopic (exact) mass is 359 g/mol. The molecule has 3 aromatic carbocycles. The lowest BCUT2D eigenvalue weighted by Gasteiger charge is -2.04. The minimum atomic E-state index is -0.328. The Kier molecular flexibility index (Phi) is 4.42. The summed E-state index contributed by atoms with van der Waals surface area (Å²) in [6, 6.07) is 26.2. The molecule has 0 atom stereocenters. The number of nitrogens with one attached hydrogen (secondary N) is 1. The van der Waals surface area contributed by atoms with Crippen molar-refractivity contribution >= 4 is 38.8 Å². The molecule has 1 N–H and O–H groups in total. The van der Waals surface area contributed by atoms with Gasteiger partial charge in [0.2, 0.25) is 0 Å². The second kappa shape index (κ2) is 7.02. The van der Waals surface area contributed by atoms with Crippen LogP contribution in [0.25, 0.3) is 21.2 Å². The lowest BCUT2D eigenvalue weighted by molar-refractivity contribution is 0.0602. The van der Waals surface area contributed by atoms with Crippen molar-refractivity contribution in [2.75, 3.05) is 12.4 Å². The van der Waals surface area contributed by atoms with Crippen LogP contribution in [0.1, 0.15) is 10.4 Å². The zero-order chi connectivity index (χ0) is 17.9. The van der Waals surface area contributed by atoms with Crippen LogP contribution in [0.15, 0.2) is 78.9 Å². The number of ether oxygens (including phenoxy) is 1. The first-order valence-corrected chi connectivity index (χ1v) is 9.09. The normalized spacial score (nSPS) is 10.7. The fraction of sp³-hybridized carbons (Fsp3) is 0.0455. The Balaban J connectivity index is 1.78. The molecule has 0 fully saturated rings. The number of thiophene rings is 1. The number of methoxy groups -OCH3 is 1. The van der Waals surface area contributed by atoms with Gasteiger partial charge in [-0.15, -0.1) is 11.3 Å². The van der Waals surface area contributed by atoms with Gasteiger partial charge in [0.05, 0.1) is 22.6 Å². The van der Waals surface area contributed by atoms with Gasteiger partial charge in [-0.2, -0.15) is 0 Å². The van der Waals surface area contributed by atoms with Crippen LogP contribution < -0.4 is 5.32 Å². The standard InChI is InChI=1S/C22H17NO2S/c1-25-22(24)19-14-20(23-18-9-3-2-4-10-18)26-21(19)17-12-11-15-7-5-6-8-16(15)13-17/h2-14,23H,1H3. The van der Waals surface area contributed by atoms with Gasteiger partial charge >= 0.3 is 5.97 Å². The molecule has 4 aromatic rings. The van der Waals surface area contributed by atoms with Gasteiger partial charge in [0.25, 0.3) is 0 Å². The summed E-state index contributed by atoms with van der Waals surface area (Å²) in [6.45, 7) is 0. The number of carbonyl (C=O) groups excluding carboxylic acids is 1. The average Bonchev–Trinajstić information content (AvgIpc) is 3.11. The lowest BCUT2D eigenvalue weighted by atomic mass is 10.0. The number of fused-ring (bicyclic) bond motifs is 1. The number of anilines is 2. The molecule has 0 aliphatic heterocycles. The average molecular weight is 359 g/mol. The van der Waals surface area contributed by atoms with E-state index in [-0.39, 0.29) is 5.97 Å². The van der Waals surface area contributed by atoms with Crippen LogP contribution in [0.3, 0.4) is 0 Å².